The zero-order valence-electron chi connectivity index (χ0n) is 17.7. The molecule has 0 spiro atoms. The predicted octanol–water partition coefficient (Wildman–Crippen LogP) is 3.18. The predicted molar refractivity (Wildman–Crippen MR) is 121 cm³/mol. The molecule has 3 heterocycles. The molecule has 0 atom stereocenters. The molecule has 1 aromatic carbocycles. The summed E-state index contributed by atoms with van der Waals surface area (Å²) in [7, 11) is 0. The second-order valence-electron chi connectivity index (χ2n) is 7.66. The van der Waals surface area contributed by atoms with Crippen LogP contribution in [0, 0.1) is 24.6 Å². The molecule has 0 aliphatic carbocycles. The second-order valence-corrected chi connectivity index (χ2v) is 7.66. The summed E-state index contributed by atoms with van der Waals surface area (Å²) >= 11 is 0. The van der Waals surface area contributed by atoms with Crippen LogP contribution in [0.3, 0.4) is 0 Å². The van der Waals surface area contributed by atoms with Gasteiger partial charge in [0.25, 0.3) is 5.91 Å². The molecule has 0 radical (unpaired) electrons. The van der Waals surface area contributed by atoms with Gasteiger partial charge in [-0.1, -0.05) is 11.8 Å². The first kappa shape index (κ1) is 21.2. The summed E-state index contributed by atoms with van der Waals surface area (Å²) in [6.45, 7) is 3.04. The molecule has 2 aromatic heterocycles. The summed E-state index contributed by atoms with van der Waals surface area (Å²) < 4.78 is 14.6. The molecule has 1 fully saturated rings. The normalized spacial score (nSPS) is 13.4. The zero-order valence-corrected chi connectivity index (χ0v) is 17.7. The Hall–Kier alpha value is -3.99. The van der Waals surface area contributed by atoms with Crippen LogP contribution in [0.25, 0.3) is 11.3 Å². The maximum atomic E-state index is 14.6. The van der Waals surface area contributed by atoms with Crippen molar-refractivity contribution < 1.29 is 9.18 Å². The van der Waals surface area contributed by atoms with Crippen molar-refractivity contribution in [2.75, 3.05) is 24.6 Å². The highest BCUT2D eigenvalue weighted by atomic mass is 19.1. The molecule has 1 amide bonds. The SMILES string of the molecule is Cc1nc(N)nc(-c2ccc(F)c(C(=O)N3CCCCC3)c2)c1C#Cc1ccc(N)nc1. The summed E-state index contributed by atoms with van der Waals surface area (Å²) in [5.41, 5.74) is 14.3. The van der Waals surface area contributed by atoms with E-state index in [4.69, 9.17) is 11.5 Å². The van der Waals surface area contributed by atoms with Crippen LogP contribution in [0.5, 0.6) is 0 Å². The largest absolute Gasteiger partial charge is 0.384 e. The zero-order chi connectivity index (χ0) is 22.7. The molecule has 1 aliphatic rings. The lowest BCUT2D eigenvalue weighted by Crippen LogP contribution is -2.36. The van der Waals surface area contributed by atoms with Gasteiger partial charge in [0.2, 0.25) is 5.95 Å². The Bertz CT molecular complexity index is 1220. The minimum absolute atomic E-state index is 0.0147. The van der Waals surface area contributed by atoms with Crippen molar-refractivity contribution in [1.29, 1.82) is 0 Å². The smallest absolute Gasteiger partial charge is 0.256 e. The molecule has 4 rings (SSSR count). The van der Waals surface area contributed by atoms with Crippen LogP contribution in [0.1, 0.15) is 46.4 Å². The molecule has 162 valence electrons. The molecule has 0 saturated carbocycles. The number of nitrogens with two attached hydrogens (primary N) is 2. The highest BCUT2D eigenvalue weighted by Gasteiger charge is 2.22. The van der Waals surface area contributed by atoms with Crippen molar-refractivity contribution in [1.82, 2.24) is 19.9 Å². The number of pyridine rings is 1. The topological polar surface area (TPSA) is 111 Å². The molecule has 32 heavy (non-hydrogen) atoms. The number of piperidine rings is 1. The Morgan fingerprint density at radius 1 is 1.06 bits per heavy atom. The number of nitrogen functional groups attached to an aromatic ring is 2. The summed E-state index contributed by atoms with van der Waals surface area (Å²) in [4.78, 5) is 27.2. The molecule has 7 nitrogen and oxygen atoms in total. The number of rotatable bonds is 2. The van der Waals surface area contributed by atoms with E-state index in [2.05, 4.69) is 26.8 Å². The van der Waals surface area contributed by atoms with Crippen molar-refractivity contribution in [3.8, 4) is 23.1 Å². The van der Waals surface area contributed by atoms with E-state index in [0.717, 1.165) is 19.3 Å². The third-order valence-corrected chi connectivity index (χ3v) is 5.34. The summed E-state index contributed by atoms with van der Waals surface area (Å²) in [5.74, 6) is 5.69. The van der Waals surface area contributed by atoms with Gasteiger partial charge in [-0.2, -0.15) is 0 Å². The first-order valence-electron chi connectivity index (χ1n) is 10.4. The Kier molecular flexibility index (Phi) is 5.99. The molecule has 1 aliphatic heterocycles. The van der Waals surface area contributed by atoms with Crippen molar-refractivity contribution >= 4 is 17.7 Å². The van der Waals surface area contributed by atoms with Crippen LogP contribution in [-0.4, -0.2) is 38.8 Å². The van der Waals surface area contributed by atoms with Crippen LogP contribution in [0.4, 0.5) is 16.2 Å². The molecule has 3 aromatic rings. The number of likely N-dealkylation sites (tertiary alicyclic amines) is 1. The van der Waals surface area contributed by atoms with Gasteiger partial charge in [0.15, 0.2) is 0 Å². The number of aryl methyl sites for hydroxylation is 1. The van der Waals surface area contributed by atoms with Gasteiger partial charge in [-0.05, 0) is 56.5 Å². The van der Waals surface area contributed by atoms with E-state index in [-0.39, 0.29) is 17.4 Å². The first-order valence-corrected chi connectivity index (χ1v) is 10.4. The van der Waals surface area contributed by atoms with E-state index in [1.165, 1.54) is 12.1 Å². The molecular weight excluding hydrogens is 407 g/mol. The monoisotopic (exact) mass is 430 g/mol. The highest BCUT2D eigenvalue weighted by molar-refractivity contribution is 5.96. The Labute approximate surface area is 185 Å². The van der Waals surface area contributed by atoms with Gasteiger partial charge >= 0.3 is 0 Å². The van der Waals surface area contributed by atoms with Gasteiger partial charge in [-0.15, -0.1) is 0 Å². The van der Waals surface area contributed by atoms with Crippen LogP contribution in [-0.2, 0) is 0 Å². The minimum atomic E-state index is -0.566. The number of aromatic nitrogens is 3. The number of nitrogens with zero attached hydrogens (tertiary/aromatic N) is 4. The molecule has 0 bridgehead atoms. The summed E-state index contributed by atoms with van der Waals surface area (Å²) in [6, 6.07) is 7.79. The van der Waals surface area contributed by atoms with Gasteiger partial charge in [0, 0.05) is 30.4 Å². The first-order chi connectivity index (χ1) is 15.4. The maximum absolute atomic E-state index is 14.6. The quantitative estimate of drug-likeness (QED) is 0.604. The number of carbonyl (C=O) groups is 1. The number of hydrogen-bond donors (Lipinski definition) is 2. The van der Waals surface area contributed by atoms with E-state index in [1.807, 2.05) is 0 Å². The van der Waals surface area contributed by atoms with E-state index in [9.17, 15) is 9.18 Å². The lowest BCUT2D eigenvalue weighted by molar-refractivity contribution is 0.0719. The number of halogens is 1. The van der Waals surface area contributed by atoms with Crippen molar-refractivity contribution in [2.45, 2.75) is 26.2 Å². The fourth-order valence-electron chi connectivity index (χ4n) is 3.67. The molecule has 8 heteroatoms. The summed E-state index contributed by atoms with van der Waals surface area (Å²) in [5, 5.41) is 0. The Balaban J connectivity index is 1.77. The maximum Gasteiger partial charge on any atom is 0.256 e. The van der Waals surface area contributed by atoms with Gasteiger partial charge in [0.1, 0.15) is 11.6 Å². The van der Waals surface area contributed by atoms with E-state index in [0.29, 0.717) is 47.0 Å². The Morgan fingerprint density at radius 3 is 2.56 bits per heavy atom. The number of hydrogen-bond acceptors (Lipinski definition) is 6. The van der Waals surface area contributed by atoms with Crippen LogP contribution >= 0.6 is 0 Å². The fraction of sp³-hybridized carbons (Fsp3) is 0.250. The minimum Gasteiger partial charge on any atom is -0.384 e. The highest BCUT2D eigenvalue weighted by Crippen LogP contribution is 2.27. The summed E-state index contributed by atoms with van der Waals surface area (Å²) in [6.07, 6.45) is 4.50. The Morgan fingerprint density at radius 2 is 1.84 bits per heavy atom. The number of carbonyl (C=O) groups excluding carboxylic acids is 1. The molecular formula is C24H23FN6O. The van der Waals surface area contributed by atoms with Gasteiger partial charge in [-0.25, -0.2) is 19.3 Å². The second kappa shape index (κ2) is 9.02. The molecule has 0 unspecified atom stereocenters. The number of amides is 1. The van der Waals surface area contributed by atoms with Crippen molar-refractivity contribution in [3.63, 3.8) is 0 Å². The third kappa shape index (κ3) is 4.52. The average molecular weight is 430 g/mol. The van der Waals surface area contributed by atoms with Crippen LogP contribution in [0.2, 0.25) is 0 Å². The molecule has 1 saturated heterocycles. The lowest BCUT2D eigenvalue weighted by Gasteiger charge is -2.27. The van der Waals surface area contributed by atoms with Gasteiger partial charge in [-0.3, -0.25) is 4.79 Å². The third-order valence-electron chi connectivity index (χ3n) is 5.34. The van der Waals surface area contributed by atoms with Gasteiger partial charge < -0.3 is 16.4 Å². The van der Waals surface area contributed by atoms with Gasteiger partial charge in [0.05, 0.1) is 22.5 Å². The van der Waals surface area contributed by atoms with E-state index < -0.39 is 5.82 Å². The number of anilines is 2. The van der Waals surface area contributed by atoms with E-state index in [1.54, 1.807) is 36.2 Å². The van der Waals surface area contributed by atoms with E-state index >= 15 is 0 Å². The lowest BCUT2D eigenvalue weighted by atomic mass is 10.0. The fourth-order valence-corrected chi connectivity index (χ4v) is 3.67. The average Bonchev–Trinajstić information content (AvgIpc) is 2.79. The van der Waals surface area contributed by atoms with Crippen molar-refractivity contribution in [2.24, 2.45) is 0 Å². The number of benzene rings is 1. The standard InChI is InChI=1S/C24H23FN6O/c1-15-18(8-5-16-6-10-21(26)28-14-16)22(30-24(27)29-15)17-7-9-20(25)19(13-17)23(32)31-11-3-2-4-12-31/h6-7,9-10,13-14H,2-4,11-12H2,1H3,(H2,26,28)(H2,27,29,30). The molecule has 4 N–H and O–H groups in total. The van der Waals surface area contributed by atoms with Crippen LogP contribution in [0.15, 0.2) is 36.5 Å². The van der Waals surface area contributed by atoms with Crippen LogP contribution < -0.4 is 11.5 Å². The van der Waals surface area contributed by atoms with Crippen molar-refractivity contribution in [3.05, 3.63) is 64.7 Å².